The van der Waals surface area contributed by atoms with Crippen LogP contribution in [0, 0.1) is 0 Å². The summed E-state index contributed by atoms with van der Waals surface area (Å²) in [5, 5.41) is 9.41. The van der Waals surface area contributed by atoms with Gasteiger partial charge in [0, 0.05) is 21.8 Å². The molecular formula is C17H15BrN2O2S. The molecule has 0 aliphatic carbocycles. The number of amides is 2. The van der Waals surface area contributed by atoms with E-state index < -0.39 is 5.54 Å². The molecule has 0 saturated carbocycles. The maximum absolute atomic E-state index is 12.5. The third-order valence-corrected chi connectivity index (χ3v) is 5.48. The summed E-state index contributed by atoms with van der Waals surface area (Å²) in [6, 6.07) is 9.64. The second-order valence-corrected chi connectivity index (χ2v) is 7.23. The Morgan fingerprint density at radius 3 is 2.61 bits per heavy atom. The average molecular weight is 391 g/mol. The van der Waals surface area contributed by atoms with E-state index in [1.54, 1.807) is 13.0 Å². The van der Waals surface area contributed by atoms with Gasteiger partial charge in [0.1, 0.15) is 11.2 Å². The van der Waals surface area contributed by atoms with E-state index >= 15 is 0 Å². The Kier molecular flexibility index (Phi) is 4.37. The highest BCUT2D eigenvalue weighted by molar-refractivity contribution is 9.10. The number of rotatable bonds is 3. The van der Waals surface area contributed by atoms with Crippen LogP contribution in [-0.4, -0.2) is 17.4 Å². The lowest BCUT2D eigenvalue weighted by atomic mass is 9.89. The van der Waals surface area contributed by atoms with Crippen LogP contribution in [0.4, 0.5) is 0 Å². The fourth-order valence-electron chi connectivity index (χ4n) is 2.47. The average Bonchev–Trinajstić information content (AvgIpc) is 2.91. The van der Waals surface area contributed by atoms with Crippen LogP contribution in [0.15, 0.2) is 51.3 Å². The molecule has 0 radical (unpaired) electrons. The van der Waals surface area contributed by atoms with E-state index in [1.165, 1.54) is 11.3 Å². The van der Waals surface area contributed by atoms with Gasteiger partial charge in [-0.3, -0.25) is 9.59 Å². The van der Waals surface area contributed by atoms with E-state index in [9.17, 15) is 9.59 Å². The van der Waals surface area contributed by atoms with Crippen molar-refractivity contribution in [3.05, 3.63) is 62.4 Å². The van der Waals surface area contributed by atoms with Crippen LogP contribution < -0.4 is 10.6 Å². The first-order valence-electron chi connectivity index (χ1n) is 7.09. The van der Waals surface area contributed by atoms with Gasteiger partial charge in [0.25, 0.3) is 5.91 Å². The van der Waals surface area contributed by atoms with E-state index in [2.05, 4.69) is 26.6 Å². The van der Waals surface area contributed by atoms with Gasteiger partial charge in [0.15, 0.2) is 0 Å². The number of carbonyl (C=O) groups excluding carboxylic acids is 2. The minimum Gasteiger partial charge on any atom is -0.336 e. The molecule has 1 aliphatic rings. The third kappa shape index (κ3) is 3.38. The quantitative estimate of drug-likeness (QED) is 0.791. The maximum atomic E-state index is 12.5. The van der Waals surface area contributed by atoms with Crippen LogP contribution >= 0.6 is 27.3 Å². The summed E-state index contributed by atoms with van der Waals surface area (Å²) < 4.78 is 0.898. The Morgan fingerprint density at radius 2 is 1.96 bits per heavy atom. The number of halogens is 1. The Morgan fingerprint density at radius 1 is 1.22 bits per heavy atom. The van der Waals surface area contributed by atoms with Gasteiger partial charge in [0.2, 0.25) is 5.91 Å². The summed E-state index contributed by atoms with van der Waals surface area (Å²) in [7, 11) is 0. The molecule has 2 amide bonds. The number of piperazine rings is 1. The summed E-state index contributed by atoms with van der Waals surface area (Å²) in [6.45, 7) is 1.74. The lowest BCUT2D eigenvalue weighted by Gasteiger charge is -2.34. The molecule has 1 fully saturated rings. The zero-order chi connectivity index (χ0) is 16.4. The fraction of sp³-hybridized carbons (Fsp3) is 0.176. The lowest BCUT2D eigenvalue weighted by molar-refractivity contribution is -0.135. The van der Waals surface area contributed by atoms with Crippen molar-refractivity contribution < 1.29 is 9.59 Å². The number of thiophene rings is 1. The van der Waals surface area contributed by atoms with Crippen LogP contribution in [0.5, 0.6) is 0 Å². The molecule has 1 unspecified atom stereocenters. The molecule has 2 aromatic rings. The Bertz CT molecular complexity index is 785. The number of hydrogen-bond acceptors (Lipinski definition) is 3. The van der Waals surface area contributed by atoms with E-state index in [0.29, 0.717) is 6.42 Å². The summed E-state index contributed by atoms with van der Waals surface area (Å²) in [6.07, 6.45) is 2.12. The Hall–Kier alpha value is -1.92. The molecule has 6 heteroatoms. The predicted octanol–water partition coefficient (Wildman–Crippen LogP) is 3.10. The standard InChI is InChI=1S/C17H15BrN2O2S/c1-17(8-11-5-3-2-4-6-11)16(22)19-14(15(21)20-17)7-12-9-23-10-13(12)18/h2-7,9-10H,8H2,1H3,(H,19,22)(H,20,21)/b14-7-. The normalized spacial score (nSPS) is 22.8. The van der Waals surface area contributed by atoms with Gasteiger partial charge in [-0.2, -0.15) is 11.3 Å². The van der Waals surface area contributed by atoms with Gasteiger partial charge in [-0.1, -0.05) is 30.3 Å². The molecule has 4 nitrogen and oxygen atoms in total. The zero-order valence-electron chi connectivity index (χ0n) is 12.4. The molecule has 2 heterocycles. The molecule has 2 N–H and O–H groups in total. The molecule has 118 valence electrons. The zero-order valence-corrected chi connectivity index (χ0v) is 14.8. The van der Waals surface area contributed by atoms with Gasteiger partial charge in [-0.15, -0.1) is 0 Å². The second-order valence-electron chi connectivity index (χ2n) is 5.64. The van der Waals surface area contributed by atoms with Gasteiger partial charge in [-0.25, -0.2) is 0 Å². The second kappa shape index (κ2) is 6.29. The number of benzene rings is 1. The Labute approximate surface area is 146 Å². The SMILES string of the molecule is CC1(Cc2ccccc2)NC(=O)/C(=C/c2cscc2Br)NC1=O. The van der Waals surface area contributed by atoms with Gasteiger partial charge < -0.3 is 10.6 Å². The van der Waals surface area contributed by atoms with Crippen LogP contribution in [0.1, 0.15) is 18.1 Å². The summed E-state index contributed by atoms with van der Waals surface area (Å²) in [5.74, 6) is -0.486. The maximum Gasteiger partial charge on any atom is 0.268 e. The van der Waals surface area contributed by atoms with Crippen molar-refractivity contribution in [3.63, 3.8) is 0 Å². The van der Waals surface area contributed by atoms with Crippen molar-refractivity contribution in [1.29, 1.82) is 0 Å². The molecular weight excluding hydrogens is 376 g/mol. The van der Waals surface area contributed by atoms with Gasteiger partial charge >= 0.3 is 0 Å². The molecule has 1 atom stereocenters. The summed E-state index contributed by atoms with van der Waals surface area (Å²) in [5.41, 5.74) is 1.17. The Balaban J connectivity index is 1.82. The largest absolute Gasteiger partial charge is 0.336 e. The minimum atomic E-state index is -0.957. The van der Waals surface area contributed by atoms with Crippen molar-refractivity contribution >= 4 is 45.2 Å². The van der Waals surface area contributed by atoms with Crippen molar-refractivity contribution in [1.82, 2.24) is 10.6 Å². The van der Waals surface area contributed by atoms with E-state index in [1.807, 2.05) is 41.1 Å². The highest BCUT2D eigenvalue weighted by Gasteiger charge is 2.40. The van der Waals surface area contributed by atoms with Crippen molar-refractivity contribution in [2.24, 2.45) is 0 Å². The summed E-state index contributed by atoms with van der Waals surface area (Å²) >= 11 is 4.94. The number of nitrogens with one attached hydrogen (secondary N) is 2. The molecule has 1 aromatic carbocycles. The first-order valence-corrected chi connectivity index (χ1v) is 8.83. The van der Waals surface area contributed by atoms with E-state index in [4.69, 9.17) is 0 Å². The first-order chi connectivity index (χ1) is 11.0. The topological polar surface area (TPSA) is 58.2 Å². The minimum absolute atomic E-state index is 0.210. The molecule has 1 aromatic heterocycles. The third-order valence-electron chi connectivity index (χ3n) is 3.73. The smallest absolute Gasteiger partial charge is 0.268 e. The van der Waals surface area contributed by atoms with Crippen LogP contribution in [0.3, 0.4) is 0 Å². The number of hydrogen-bond donors (Lipinski definition) is 2. The number of carbonyl (C=O) groups is 2. The molecule has 23 heavy (non-hydrogen) atoms. The van der Waals surface area contributed by atoms with E-state index in [-0.39, 0.29) is 17.5 Å². The monoisotopic (exact) mass is 390 g/mol. The molecule has 1 aliphatic heterocycles. The van der Waals surface area contributed by atoms with Gasteiger partial charge in [-0.05, 0) is 39.9 Å². The van der Waals surface area contributed by atoms with Crippen LogP contribution in [-0.2, 0) is 16.0 Å². The fourth-order valence-corrected chi connectivity index (χ4v) is 3.84. The first kappa shape index (κ1) is 16.0. The molecule has 0 spiro atoms. The molecule has 3 rings (SSSR count). The molecule has 1 saturated heterocycles. The van der Waals surface area contributed by atoms with E-state index in [0.717, 1.165) is 15.6 Å². The van der Waals surface area contributed by atoms with Crippen LogP contribution in [0.2, 0.25) is 0 Å². The highest BCUT2D eigenvalue weighted by Crippen LogP contribution is 2.25. The lowest BCUT2D eigenvalue weighted by Crippen LogP contribution is -2.64. The predicted molar refractivity (Wildman–Crippen MR) is 94.8 cm³/mol. The molecule has 0 bridgehead atoms. The van der Waals surface area contributed by atoms with Crippen molar-refractivity contribution in [2.75, 3.05) is 0 Å². The van der Waals surface area contributed by atoms with Crippen LogP contribution in [0.25, 0.3) is 6.08 Å². The summed E-state index contributed by atoms with van der Waals surface area (Å²) in [4.78, 5) is 24.9. The highest BCUT2D eigenvalue weighted by atomic mass is 79.9. The van der Waals surface area contributed by atoms with Crippen molar-refractivity contribution in [2.45, 2.75) is 18.9 Å². The van der Waals surface area contributed by atoms with Crippen molar-refractivity contribution in [3.8, 4) is 0 Å². The van der Waals surface area contributed by atoms with Gasteiger partial charge in [0.05, 0.1) is 0 Å².